The monoisotopic (exact) mass is 310 g/mol. The van der Waals surface area contributed by atoms with E-state index in [0.29, 0.717) is 23.1 Å². The van der Waals surface area contributed by atoms with E-state index >= 15 is 0 Å². The summed E-state index contributed by atoms with van der Waals surface area (Å²) in [5.74, 6) is 0.791. The first-order valence-corrected chi connectivity index (χ1v) is 7.21. The molecule has 106 valence electrons. The smallest absolute Gasteiger partial charge is 0.119 e. The molecule has 1 unspecified atom stereocenters. The summed E-state index contributed by atoms with van der Waals surface area (Å²) >= 11 is 12.2. The van der Waals surface area contributed by atoms with E-state index in [9.17, 15) is 5.11 Å². The lowest BCUT2D eigenvalue weighted by atomic mass is 10.0. The van der Waals surface area contributed by atoms with Crippen LogP contribution in [-0.4, -0.2) is 11.7 Å². The van der Waals surface area contributed by atoms with Crippen molar-refractivity contribution in [1.82, 2.24) is 0 Å². The van der Waals surface area contributed by atoms with Crippen molar-refractivity contribution in [3.05, 3.63) is 63.6 Å². The Hall–Kier alpha value is -1.22. The molecule has 2 nitrogen and oxygen atoms in total. The third-order valence-electron chi connectivity index (χ3n) is 3.04. The molecule has 1 N–H and O–H groups in total. The summed E-state index contributed by atoms with van der Waals surface area (Å²) in [5, 5.41) is 11.4. The van der Waals surface area contributed by atoms with Crippen LogP contribution < -0.4 is 4.74 Å². The number of aliphatic hydroxyl groups is 1. The van der Waals surface area contributed by atoms with Crippen LogP contribution in [0.15, 0.2) is 42.5 Å². The molecular weight excluding hydrogens is 295 g/mol. The predicted octanol–water partition coefficient (Wildman–Crippen LogP) is 4.67. The van der Waals surface area contributed by atoms with Gasteiger partial charge >= 0.3 is 0 Å². The molecule has 2 rings (SSSR count). The van der Waals surface area contributed by atoms with Crippen LogP contribution in [0.5, 0.6) is 5.75 Å². The SMILES string of the molecule is CCOc1ccc(C(O)Cc2c(Cl)cccc2Cl)cc1. The summed E-state index contributed by atoms with van der Waals surface area (Å²) in [5.41, 5.74) is 1.57. The molecule has 0 radical (unpaired) electrons. The molecule has 0 saturated carbocycles. The van der Waals surface area contributed by atoms with Gasteiger partial charge in [-0.15, -0.1) is 0 Å². The van der Waals surface area contributed by atoms with Crippen LogP contribution in [0.25, 0.3) is 0 Å². The standard InChI is InChI=1S/C16H16Cl2O2/c1-2-20-12-8-6-11(7-9-12)16(19)10-13-14(17)4-3-5-15(13)18/h3-9,16,19H,2,10H2,1H3. The van der Waals surface area contributed by atoms with E-state index in [1.807, 2.05) is 31.2 Å². The minimum absolute atomic E-state index is 0.381. The molecule has 0 bridgehead atoms. The maximum Gasteiger partial charge on any atom is 0.119 e. The largest absolute Gasteiger partial charge is 0.494 e. The van der Waals surface area contributed by atoms with Crippen molar-refractivity contribution in [2.45, 2.75) is 19.4 Å². The molecular formula is C16H16Cl2O2. The van der Waals surface area contributed by atoms with Crippen LogP contribution in [0, 0.1) is 0 Å². The predicted molar refractivity (Wildman–Crippen MR) is 82.7 cm³/mol. The average Bonchev–Trinajstić information content (AvgIpc) is 2.44. The number of aliphatic hydroxyl groups excluding tert-OH is 1. The molecule has 0 aliphatic carbocycles. The van der Waals surface area contributed by atoms with Gasteiger partial charge in [-0.3, -0.25) is 0 Å². The van der Waals surface area contributed by atoms with Gasteiger partial charge in [-0.25, -0.2) is 0 Å². The summed E-state index contributed by atoms with van der Waals surface area (Å²) in [4.78, 5) is 0. The van der Waals surface area contributed by atoms with Gasteiger partial charge in [-0.05, 0) is 42.3 Å². The maximum absolute atomic E-state index is 10.3. The molecule has 0 aliphatic rings. The third-order valence-corrected chi connectivity index (χ3v) is 3.74. The molecule has 2 aromatic carbocycles. The fraction of sp³-hybridized carbons (Fsp3) is 0.250. The summed E-state index contributed by atoms with van der Waals surface area (Å²) in [6, 6.07) is 12.7. The van der Waals surface area contributed by atoms with E-state index in [2.05, 4.69) is 0 Å². The summed E-state index contributed by atoms with van der Waals surface area (Å²) in [6.45, 7) is 2.55. The van der Waals surface area contributed by atoms with Crippen molar-refractivity contribution in [2.75, 3.05) is 6.61 Å². The topological polar surface area (TPSA) is 29.5 Å². The molecule has 0 amide bonds. The zero-order chi connectivity index (χ0) is 14.5. The van der Waals surface area contributed by atoms with Crippen molar-refractivity contribution in [2.24, 2.45) is 0 Å². The van der Waals surface area contributed by atoms with Gasteiger partial charge in [-0.2, -0.15) is 0 Å². The fourth-order valence-corrected chi connectivity index (χ4v) is 2.54. The van der Waals surface area contributed by atoms with E-state index in [0.717, 1.165) is 16.9 Å². The molecule has 0 saturated heterocycles. The number of benzene rings is 2. The molecule has 0 fully saturated rings. The Bertz CT molecular complexity index is 547. The van der Waals surface area contributed by atoms with E-state index in [4.69, 9.17) is 27.9 Å². The van der Waals surface area contributed by atoms with Crippen molar-refractivity contribution < 1.29 is 9.84 Å². The van der Waals surface area contributed by atoms with Gasteiger partial charge in [0.25, 0.3) is 0 Å². The highest BCUT2D eigenvalue weighted by molar-refractivity contribution is 6.35. The highest BCUT2D eigenvalue weighted by atomic mass is 35.5. The zero-order valence-electron chi connectivity index (χ0n) is 11.1. The molecule has 1 atom stereocenters. The van der Waals surface area contributed by atoms with E-state index in [-0.39, 0.29) is 0 Å². The summed E-state index contributed by atoms with van der Waals surface area (Å²) in [7, 11) is 0. The summed E-state index contributed by atoms with van der Waals surface area (Å²) < 4.78 is 5.37. The fourth-order valence-electron chi connectivity index (χ4n) is 1.99. The van der Waals surface area contributed by atoms with Crippen LogP contribution in [0.4, 0.5) is 0 Å². The first kappa shape index (κ1) is 15.2. The highest BCUT2D eigenvalue weighted by Gasteiger charge is 2.13. The third kappa shape index (κ3) is 3.66. The Morgan fingerprint density at radius 2 is 1.65 bits per heavy atom. The number of hydrogen-bond donors (Lipinski definition) is 1. The second kappa shape index (κ2) is 6.98. The minimum atomic E-state index is -0.650. The van der Waals surface area contributed by atoms with Crippen molar-refractivity contribution in [1.29, 1.82) is 0 Å². The zero-order valence-corrected chi connectivity index (χ0v) is 12.7. The highest BCUT2D eigenvalue weighted by Crippen LogP contribution is 2.29. The number of ether oxygens (including phenoxy) is 1. The maximum atomic E-state index is 10.3. The molecule has 20 heavy (non-hydrogen) atoms. The lowest BCUT2D eigenvalue weighted by Gasteiger charge is -2.14. The van der Waals surface area contributed by atoms with Gasteiger partial charge in [0, 0.05) is 16.5 Å². The molecule has 0 aliphatic heterocycles. The number of rotatable bonds is 5. The van der Waals surface area contributed by atoms with Crippen molar-refractivity contribution in [3.8, 4) is 5.75 Å². The Balaban J connectivity index is 2.13. The Labute approximate surface area is 128 Å². The van der Waals surface area contributed by atoms with Gasteiger partial charge in [0.15, 0.2) is 0 Å². The van der Waals surface area contributed by atoms with Crippen LogP contribution in [0.2, 0.25) is 10.0 Å². The van der Waals surface area contributed by atoms with Crippen molar-refractivity contribution in [3.63, 3.8) is 0 Å². The molecule has 0 aromatic heterocycles. The second-order valence-electron chi connectivity index (χ2n) is 4.42. The lowest BCUT2D eigenvalue weighted by molar-refractivity contribution is 0.178. The minimum Gasteiger partial charge on any atom is -0.494 e. The van der Waals surface area contributed by atoms with Crippen LogP contribution in [-0.2, 0) is 6.42 Å². The van der Waals surface area contributed by atoms with Gasteiger partial charge in [0.05, 0.1) is 12.7 Å². The van der Waals surface area contributed by atoms with Gasteiger partial charge < -0.3 is 9.84 Å². The normalized spacial score (nSPS) is 12.2. The Kier molecular flexibility index (Phi) is 5.30. The van der Waals surface area contributed by atoms with Crippen LogP contribution in [0.3, 0.4) is 0 Å². The van der Waals surface area contributed by atoms with E-state index < -0.39 is 6.10 Å². The van der Waals surface area contributed by atoms with Crippen LogP contribution >= 0.6 is 23.2 Å². The van der Waals surface area contributed by atoms with Crippen molar-refractivity contribution >= 4 is 23.2 Å². The first-order chi connectivity index (χ1) is 9.61. The first-order valence-electron chi connectivity index (χ1n) is 6.45. The average molecular weight is 311 g/mol. The Morgan fingerprint density at radius 3 is 2.20 bits per heavy atom. The lowest BCUT2D eigenvalue weighted by Crippen LogP contribution is -2.03. The Morgan fingerprint density at radius 1 is 1.05 bits per heavy atom. The van der Waals surface area contributed by atoms with E-state index in [1.165, 1.54) is 0 Å². The van der Waals surface area contributed by atoms with Gasteiger partial charge in [0.2, 0.25) is 0 Å². The number of halogens is 2. The van der Waals surface area contributed by atoms with Gasteiger partial charge in [0.1, 0.15) is 5.75 Å². The molecule has 0 spiro atoms. The molecule has 0 heterocycles. The van der Waals surface area contributed by atoms with Gasteiger partial charge in [-0.1, -0.05) is 41.4 Å². The van der Waals surface area contributed by atoms with E-state index in [1.54, 1.807) is 18.2 Å². The van der Waals surface area contributed by atoms with Crippen LogP contribution in [0.1, 0.15) is 24.2 Å². The summed E-state index contributed by atoms with van der Waals surface area (Å²) in [6.07, 6.45) is -0.268. The molecule has 2 aromatic rings. The number of hydrogen-bond acceptors (Lipinski definition) is 2. The second-order valence-corrected chi connectivity index (χ2v) is 5.24. The quantitative estimate of drug-likeness (QED) is 0.869. The molecule has 4 heteroatoms.